The maximum atomic E-state index is 13.0. The van der Waals surface area contributed by atoms with Crippen LogP contribution in [0.4, 0.5) is 16.2 Å². The smallest absolute Gasteiger partial charge is 0.323 e. The van der Waals surface area contributed by atoms with E-state index < -0.39 is 12.3 Å². The number of phenols is 1. The van der Waals surface area contributed by atoms with Crippen molar-refractivity contribution in [2.75, 3.05) is 16.4 Å². The van der Waals surface area contributed by atoms with Gasteiger partial charge < -0.3 is 35.1 Å². The fraction of sp³-hybridized carbons (Fsp3) is 0.179. The van der Waals surface area contributed by atoms with Gasteiger partial charge in [0, 0.05) is 28.6 Å². The third kappa shape index (κ3) is 8.41. The lowest BCUT2D eigenvalue weighted by atomic mass is 9.91. The number of phenolic OH excluding ortho intramolecular Hbond substituents is 1. The Bertz CT molecular complexity index is 2080. The summed E-state index contributed by atoms with van der Waals surface area (Å²) in [5.74, 6) is 1.98. The number of urea groups is 1. The number of amides is 2. The minimum Gasteiger partial charge on any atom is -0.508 e. The number of hydrogen-bond donors (Lipinski definition) is 4. The average molecular weight is 717 g/mol. The van der Waals surface area contributed by atoms with Crippen molar-refractivity contribution in [2.24, 2.45) is 5.92 Å². The van der Waals surface area contributed by atoms with Crippen molar-refractivity contribution in [3.63, 3.8) is 0 Å². The van der Waals surface area contributed by atoms with Gasteiger partial charge in [-0.1, -0.05) is 73.3 Å². The van der Waals surface area contributed by atoms with Crippen molar-refractivity contribution in [3.8, 4) is 22.9 Å². The van der Waals surface area contributed by atoms with E-state index in [0.29, 0.717) is 33.7 Å². The molecule has 13 heteroatoms. The third-order valence-electron chi connectivity index (χ3n) is 8.54. The number of aliphatic hydroxyl groups excluding tert-OH is 1. The molecule has 4 N–H and O–H groups in total. The number of carbonyl (C=O) groups excluding carboxylic acids is 1. The summed E-state index contributed by atoms with van der Waals surface area (Å²) in [6.07, 6.45) is -1.37. The monoisotopic (exact) mass is 716 g/mol. The second-order valence-electron chi connectivity index (χ2n) is 12.2. The second kappa shape index (κ2) is 16.1. The van der Waals surface area contributed by atoms with Gasteiger partial charge in [0.25, 0.3) is 0 Å². The molecule has 264 valence electrons. The van der Waals surface area contributed by atoms with Crippen molar-refractivity contribution in [1.82, 2.24) is 20.2 Å². The average Bonchev–Trinajstić information content (AvgIpc) is 3.65. The Labute approximate surface area is 304 Å². The van der Waals surface area contributed by atoms with Crippen LogP contribution in [-0.2, 0) is 16.1 Å². The number of nitrogens with zero attached hydrogens (tertiary/aromatic N) is 4. The molecule has 6 aromatic rings. The lowest BCUT2D eigenvalue weighted by Gasteiger charge is -2.41. The predicted octanol–water partition coefficient (Wildman–Crippen LogP) is 7.88. The summed E-state index contributed by atoms with van der Waals surface area (Å²) in [7, 11) is 0. The highest BCUT2D eigenvalue weighted by atomic mass is 32.2. The zero-order chi connectivity index (χ0) is 35.9. The van der Waals surface area contributed by atoms with Gasteiger partial charge in [0.05, 0.1) is 24.5 Å². The molecule has 1 fully saturated rings. The van der Waals surface area contributed by atoms with Gasteiger partial charge in [0.1, 0.15) is 17.2 Å². The molecule has 0 unspecified atom stereocenters. The van der Waals surface area contributed by atoms with Crippen LogP contribution < -0.4 is 15.4 Å². The molecule has 12 nitrogen and oxygen atoms in total. The van der Waals surface area contributed by atoms with E-state index in [1.807, 2.05) is 72.8 Å². The quantitative estimate of drug-likeness (QED) is 0.0975. The molecule has 2 heterocycles. The molecule has 1 saturated heterocycles. The number of aromatic nitrogens is 4. The Kier molecular flexibility index (Phi) is 10.7. The number of benzene rings is 5. The number of tetrazole rings is 1. The maximum absolute atomic E-state index is 13.0. The second-order valence-corrected chi connectivity index (χ2v) is 13.2. The van der Waals surface area contributed by atoms with Crippen LogP contribution in [0.1, 0.15) is 36.0 Å². The van der Waals surface area contributed by atoms with Crippen LogP contribution in [-0.4, -0.2) is 48.3 Å². The Hall–Kier alpha value is -5.73. The van der Waals surface area contributed by atoms with Crippen LogP contribution in [0.2, 0.25) is 0 Å². The minimum absolute atomic E-state index is 0.0521. The first-order chi connectivity index (χ1) is 25.4. The molecule has 5 aromatic carbocycles. The third-order valence-corrected chi connectivity index (χ3v) is 9.55. The minimum atomic E-state index is -0.751. The predicted molar refractivity (Wildman–Crippen MR) is 197 cm³/mol. The lowest BCUT2D eigenvalue weighted by molar-refractivity contribution is -0.268. The standard InChI is InChI=1S/C39H36N6O6S/c1-25-35(24-52-39-42-43-44-45(39)31-16-18-32(47)19-17-31)50-37(51-36(25)27-12-10-26(23-46)11-13-27)28-6-5-7-30(22-28)41-38(48)40-29-14-20-34(21-15-29)49-33-8-3-2-4-9-33/h2-22,25,35-37,46-47H,23-24H2,1H3,(H2,40,41,48)/t25-,35+,36+,37+/m0/s1. The van der Waals surface area contributed by atoms with Crippen molar-refractivity contribution in [1.29, 1.82) is 0 Å². The van der Waals surface area contributed by atoms with Crippen LogP contribution in [0.5, 0.6) is 17.2 Å². The first-order valence-electron chi connectivity index (χ1n) is 16.6. The highest BCUT2D eigenvalue weighted by Crippen LogP contribution is 2.43. The highest BCUT2D eigenvalue weighted by Gasteiger charge is 2.38. The summed E-state index contributed by atoms with van der Waals surface area (Å²) in [5, 5.41) is 37.9. The van der Waals surface area contributed by atoms with Crippen molar-refractivity contribution >= 4 is 29.2 Å². The van der Waals surface area contributed by atoms with Crippen molar-refractivity contribution in [2.45, 2.75) is 37.2 Å². The number of nitrogens with one attached hydrogen (secondary N) is 2. The summed E-state index contributed by atoms with van der Waals surface area (Å²) >= 11 is 1.45. The van der Waals surface area contributed by atoms with Gasteiger partial charge >= 0.3 is 6.03 Å². The zero-order valence-electron chi connectivity index (χ0n) is 28.1. The van der Waals surface area contributed by atoms with E-state index in [9.17, 15) is 15.0 Å². The first kappa shape index (κ1) is 34.7. The Morgan fingerprint density at radius 2 is 1.56 bits per heavy atom. The number of anilines is 2. The van der Waals surface area contributed by atoms with E-state index in [1.165, 1.54) is 11.8 Å². The van der Waals surface area contributed by atoms with Crippen LogP contribution in [0.3, 0.4) is 0 Å². The molecule has 1 aromatic heterocycles. The summed E-state index contributed by atoms with van der Waals surface area (Å²) in [6.45, 7) is 2.03. The molecule has 0 bridgehead atoms. The van der Waals surface area contributed by atoms with E-state index >= 15 is 0 Å². The largest absolute Gasteiger partial charge is 0.508 e. The topological polar surface area (TPSA) is 153 Å². The molecule has 1 aliphatic rings. The molecule has 2 amide bonds. The Balaban J connectivity index is 1.05. The molecule has 0 radical (unpaired) electrons. The van der Waals surface area contributed by atoms with Gasteiger partial charge in [-0.25, -0.2) is 4.79 Å². The molecule has 4 atom stereocenters. The lowest BCUT2D eigenvalue weighted by Crippen LogP contribution is -2.38. The van der Waals surface area contributed by atoms with Gasteiger partial charge in [-0.3, -0.25) is 0 Å². The van der Waals surface area contributed by atoms with Crippen molar-refractivity contribution in [3.05, 3.63) is 144 Å². The Morgan fingerprint density at radius 1 is 0.827 bits per heavy atom. The number of ether oxygens (including phenoxy) is 3. The fourth-order valence-electron chi connectivity index (χ4n) is 5.78. The number of carbonyl (C=O) groups is 1. The van der Waals surface area contributed by atoms with Crippen LogP contribution >= 0.6 is 11.8 Å². The van der Waals surface area contributed by atoms with E-state index in [1.54, 1.807) is 59.3 Å². The van der Waals surface area contributed by atoms with E-state index in [2.05, 4.69) is 33.1 Å². The molecule has 0 spiro atoms. The van der Waals surface area contributed by atoms with Crippen LogP contribution in [0, 0.1) is 5.92 Å². The van der Waals surface area contributed by atoms with E-state index in [-0.39, 0.29) is 30.5 Å². The molecular weight excluding hydrogens is 681 g/mol. The van der Waals surface area contributed by atoms with E-state index in [4.69, 9.17) is 14.2 Å². The number of rotatable bonds is 11. The maximum Gasteiger partial charge on any atom is 0.323 e. The molecule has 7 rings (SSSR count). The number of hydrogen-bond acceptors (Lipinski definition) is 10. The number of aliphatic hydroxyl groups is 1. The van der Waals surface area contributed by atoms with Gasteiger partial charge in [0.15, 0.2) is 6.29 Å². The highest BCUT2D eigenvalue weighted by molar-refractivity contribution is 7.99. The zero-order valence-corrected chi connectivity index (χ0v) is 28.9. The molecule has 0 aliphatic carbocycles. The summed E-state index contributed by atoms with van der Waals surface area (Å²) < 4.78 is 20.7. The van der Waals surface area contributed by atoms with Gasteiger partial charge in [-0.15, -0.1) is 5.10 Å². The summed E-state index contributed by atoms with van der Waals surface area (Å²) in [4.78, 5) is 13.0. The van der Waals surface area contributed by atoms with Gasteiger partial charge in [0.2, 0.25) is 5.16 Å². The number of thioether (sulfide) groups is 1. The molecule has 1 aliphatic heterocycles. The molecular formula is C39H36N6O6S. The normalized spacial score (nSPS) is 18.4. The number of aromatic hydroxyl groups is 1. The van der Waals surface area contributed by atoms with E-state index in [0.717, 1.165) is 22.4 Å². The van der Waals surface area contributed by atoms with Crippen molar-refractivity contribution < 1.29 is 29.2 Å². The van der Waals surface area contributed by atoms with Crippen LogP contribution in [0.15, 0.2) is 133 Å². The number of para-hydroxylation sites is 1. The summed E-state index contributed by atoms with van der Waals surface area (Å²) in [6, 6.07) is 37.9. The first-order valence-corrected chi connectivity index (χ1v) is 17.6. The Morgan fingerprint density at radius 3 is 2.31 bits per heavy atom. The fourth-order valence-corrected chi connectivity index (χ4v) is 6.83. The molecule has 52 heavy (non-hydrogen) atoms. The SMILES string of the molecule is C[C@H]1[C@@H](CSc2nnnn2-c2ccc(O)cc2)O[C@@H](c2cccc(NC(=O)Nc3ccc(Oc4ccccc4)cc3)c2)O[C@H]1c1ccc(CO)cc1. The van der Waals surface area contributed by atoms with Gasteiger partial charge in [-0.2, -0.15) is 4.68 Å². The molecule has 0 saturated carbocycles. The summed E-state index contributed by atoms with van der Waals surface area (Å²) in [5.41, 5.74) is 4.38. The van der Waals surface area contributed by atoms with Crippen LogP contribution in [0.25, 0.3) is 5.69 Å². The van der Waals surface area contributed by atoms with Gasteiger partial charge in [-0.05, 0) is 94.4 Å².